The van der Waals surface area contributed by atoms with Crippen LogP contribution in [0.4, 0.5) is 0 Å². The Kier molecular flexibility index (Phi) is 2.63. The molecule has 1 heterocycles. The van der Waals surface area contributed by atoms with Gasteiger partial charge in [-0.3, -0.25) is 0 Å². The van der Waals surface area contributed by atoms with Crippen molar-refractivity contribution in [3.8, 4) is 0 Å². The van der Waals surface area contributed by atoms with Gasteiger partial charge in [0.15, 0.2) is 12.4 Å². The van der Waals surface area contributed by atoms with Crippen LogP contribution in [0, 0.1) is 0 Å². The van der Waals surface area contributed by atoms with Crippen molar-refractivity contribution in [1.82, 2.24) is 0 Å². The third-order valence-electron chi connectivity index (χ3n) is 1.31. The van der Waals surface area contributed by atoms with Crippen molar-refractivity contribution >= 4 is 34.8 Å². The van der Waals surface area contributed by atoms with Gasteiger partial charge in [-0.2, -0.15) is 0 Å². The van der Waals surface area contributed by atoms with Crippen LogP contribution in [0.5, 0.6) is 0 Å². The molecule has 0 saturated heterocycles. The van der Waals surface area contributed by atoms with Crippen molar-refractivity contribution in [2.24, 2.45) is 7.05 Å². The van der Waals surface area contributed by atoms with E-state index in [-0.39, 0.29) is 0 Å². The summed E-state index contributed by atoms with van der Waals surface area (Å²) >= 11 is 16.9. The Morgan fingerprint density at radius 2 is 1.64 bits per heavy atom. The van der Waals surface area contributed by atoms with E-state index in [1.54, 1.807) is 12.1 Å². The predicted octanol–water partition coefficient (Wildman–Crippen LogP) is 2.34. The molecule has 0 spiro atoms. The van der Waals surface area contributed by atoms with Gasteiger partial charge in [0.1, 0.15) is 7.05 Å². The zero-order chi connectivity index (χ0) is 8.48. The lowest BCUT2D eigenvalue weighted by Crippen LogP contribution is -2.26. The SMILES string of the molecule is C[n+]1ccc(C(Cl)(Cl)Cl)cc1. The smallest absolute Gasteiger partial charge is 0.208 e. The zero-order valence-corrected chi connectivity index (χ0v) is 8.16. The summed E-state index contributed by atoms with van der Waals surface area (Å²) in [6.45, 7) is 0. The molecule has 1 aromatic heterocycles. The molecule has 0 N–H and O–H groups in total. The van der Waals surface area contributed by atoms with Crippen molar-refractivity contribution in [2.75, 3.05) is 0 Å². The summed E-state index contributed by atoms with van der Waals surface area (Å²) in [6, 6.07) is 3.54. The van der Waals surface area contributed by atoms with E-state index in [9.17, 15) is 0 Å². The summed E-state index contributed by atoms with van der Waals surface area (Å²) in [7, 11) is 1.90. The fourth-order valence-corrected chi connectivity index (χ4v) is 1.07. The quantitative estimate of drug-likeness (QED) is 0.458. The highest BCUT2D eigenvalue weighted by molar-refractivity contribution is 6.66. The van der Waals surface area contributed by atoms with Crippen LogP contribution in [-0.2, 0) is 10.8 Å². The van der Waals surface area contributed by atoms with Crippen LogP contribution in [0.2, 0.25) is 0 Å². The highest BCUT2D eigenvalue weighted by Crippen LogP contribution is 2.37. The number of aromatic nitrogens is 1. The molecule has 11 heavy (non-hydrogen) atoms. The minimum absolute atomic E-state index is 0.681. The number of nitrogens with zero attached hydrogens (tertiary/aromatic N) is 1. The second-order valence-electron chi connectivity index (χ2n) is 2.25. The summed E-state index contributed by atoms with van der Waals surface area (Å²) in [5.74, 6) is 0. The molecule has 0 saturated carbocycles. The van der Waals surface area contributed by atoms with Crippen molar-refractivity contribution in [1.29, 1.82) is 0 Å². The van der Waals surface area contributed by atoms with E-state index in [4.69, 9.17) is 34.8 Å². The normalized spacial score (nSPS) is 11.6. The van der Waals surface area contributed by atoms with E-state index in [2.05, 4.69) is 0 Å². The molecule has 0 radical (unpaired) electrons. The molecule has 1 rings (SSSR count). The molecule has 0 aromatic carbocycles. The molecule has 0 amide bonds. The maximum atomic E-state index is 5.63. The van der Waals surface area contributed by atoms with Gasteiger partial charge in [-0.1, -0.05) is 34.8 Å². The van der Waals surface area contributed by atoms with Crippen molar-refractivity contribution in [2.45, 2.75) is 3.79 Å². The molecule has 1 aromatic rings. The summed E-state index contributed by atoms with van der Waals surface area (Å²) < 4.78 is 0.564. The van der Waals surface area contributed by atoms with Crippen LogP contribution >= 0.6 is 34.8 Å². The molecule has 1 nitrogen and oxygen atoms in total. The molecule has 0 atom stereocenters. The number of aryl methyl sites for hydroxylation is 1. The number of hydrogen-bond donors (Lipinski definition) is 0. The average molecular weight is 211 g/mol. The zero-order valence-electron chi connectivity index (χ0n) is 5.89. The second kappa shape index (κ2) is 3.18. The van der Waals surface area contributed by atoms with Gasteiger partial charge in [-0.25, -0.2) is 4.57 Å². The summed E-state index contributed by atoms with van der Waals surface area (Å²) in [6.07, 6.45) is 3.66. The number of hydrogen-bond acceptors (Lipinski definition) is 0. The molecule has 4 heteroatoms. The molecular weight excluding hydrogens is 204 g/mol. The minimum Gasteiger partial charge on any atom is -0.208 e. The minimum atomic E-state index is -1.31. The summed E-state index contributed by atoms with van der Waals surface area (Å²) in [4.78, 5) is 0. The first-order valence-electron chi connectivity index (χ1n) is 3.02. The Bertz CT molecular complexity index is 237. The van der Waals surface area contributed by atoms with Crippen molar-refractivity contribution in [3.63, 3.8) is 0 Å². The first kappa shape index (κ1) is 9.11. The van der Waals surface area contributed by atoms with E-state index in [0.717, 1.165) is 0 Å². The topological polar surface area (TPSA) is 3.88 Å². The van der Waals surface area contributed by atoms with Crippen LogP contribution in [0.1, 0.15) is 5.56 Å². The summed E-state index contributed by atoms with van der Waals surface area (Å²) in [5, 5.41) is 0. The monoisotopic (exact) mass is 210 g/mol. The molecule has 0 aliphatic heterocycles. The first-order valence-corrected chi connectivity index (χ1v) is 4.16. The van der Waals surface area contributed by atoms with E-state index in [0.29, 0.717) is 5.56 Å². The fourth-order valence-electron chi connectivity index (χ4n) is 0.690. The first-order chi connectivity index (χ1) is 5.00. The number of alkyl halides is 3. The highest BCUT2D eigenvalue weighted by Gasteiger charge is 2.22. The van der Waals surface area contributed by atoms with Gasteiger partial charge in [-0.05, 0) is 0 Å². The van der Waals surface area contributed by atoms with Gasteiger partial charge in [0.2, 0.25) is 3.79 Å². The molecular formula is C7H7Cl3N+. The van der Waals surface area contributed by atoms with Crippen LogP contribution < -0.4 is 4.57 Å². The van der Waals surface area contributed by atoms with Crippen LogP contribution in [-0.4, -0.2) is 0 Å². The molecule has 0 bridgehead atoms. The van der Waals surface area contributed by atoms with E-state index in [1.165, 1.54) is 0 Å². The molecule has 0 aliphatic carbocycles. The maximum absolute atomic E-state index is 5.63. The molecule has 0 fully saturated rings. The van der Waals surface area contributed by atoms with Crippen LogP contribution in [0.15, 0.2) is 24.5 Å². The maximum Gasteiger partial charge on any atom is 0.216 e. The van der Waals surface area contributed by atoms with Crippen LogP contribution in [0.3, 0.4) is 0 Å². The van der Waals surface area contributed by atoms with Gasteiger partial charge in [0.25, 0.3) is 0 Å². The van der Waals surface area contributed by atoms with E-state index < -0.39 is 3.79 Å². The largest absolute Gasteiger partial charge is 0.216 e. The third kappa shape index (κ3) is 2.51. The van der Waals surface area contributed by atoms with E-state index in [1.807, 2.05) is 24.0 Å². The van der Waals surface area contributed by atoms with Gasteiger partial charge < -0.3 is 0 Å². The van der Waals surface area contributed by atoms with Crippen LogP contribution in [0.25, 0.3) is 0 Å². The second-order valence-corrected chi connectivity index (χ2v) is 4.53. The Hall–Kier alpha value is 0.0200. The Balaban J connectivity index is 2.99. The molecule has 60 valence electrons. The van der Waals surface area contributed by atoms with Crippen molar-refractivity contribution in [3.05, 3.63) is 30.1 Å². The molecule has 0 aliphatic rings. The Labute approximate surface area is 80.5 Å². The fraction of sp³-hybridized carbons (Fsp3) is 0.286. The standard InChI is InChI=1S/C7H7Cl3N/c1-11-4-2-6(3-5-11)7(8,9)10/h2-5H,1H3/q+1. The lowest BCUT2D eigenvalue weighted by molar-refractivity contribution is -0.671. The Morgan fingerprint density at radius 1 is 1.18 bits per heavy atom. The number of rotatable bonds is 0. The van der Waals surface area contributed by atoms with Gasteiger partial charge >= 0.3 is 0 Å². The summed E-state index contributed by atoms with van der Waals surface area (Å²) in [5.41, 5.74) is 0.681. The highest BCUT2D eigenvalue weighted by atomic mass is 35.6. The van der Waals surface area contributed by atoms with Gasteiger partial charge in [0, 0.05) is 17.7 Å². The lowest BCUT2D eigenvalue weighted by atomic mass is 10.3. The average Bonchev–Trinajstić information content (AvgIpc) is 1.86. The van der Waals surface area contributed by atoms with Gasteiger partial charge in [-0.15, -0.1) is 0 Å². The lowest BCUT2D eigenvalue weighted by Gasteiger charge is -2.08. The predicted molar refractivity (Wildman–Crippen MR) is 46.9 cm³/mol. The number of halogens is 3. The van der Waals surface area contributed by atoms with Gasteiger partial charge in [0.05, 0.1) is 0 Å². The number of pyridine rings is 1. The van der Waals surface area contributed by atoms with E-state index >= 15 is 0 Å². The Morgan fingerprint density at radius 3 is 2.00 bits per heavy atom. The van der Waals surface area contributed by atoms with Crippen molar-refractivity contribution < 1.29 is 4.57 Å². The molecule has 0 unspecified atom stereocenters. The third-order valence-corrected chi connectivity index (χ3v) is 1.96.